The van der Waals surface area contributed by atoms with Crippen LogP contribution in [0.5, 0.6) is 0 Å². The van der Waals surface area contributed by atoms with Crippen LogP contribution in [-0.2, 0) is 4.74 Å². The molecule has 0 bridgehead atoms. The van der Waals surface area contributed by atoms with Gasteiger partial charge in [-0.05, 0) is 6.42 Å². The summed E-state index contributed by atoms with van der Waals surface area (Å²) in [6.45, 7) is 4.85. The molecule has 0 aliphatic heterocycles. The van der Waals surface area contributed by atoms with Gasteiger partial charge in [-0.15, -0.1) is 6.61 Å². The summed E-state index contributed by atoms with van der Waals surface area (Å²) >= 11 is 0. The molecule has 0 saturated carbocycles. The van der Waals surface area contributed by atoms with E-state index in [4.69, 9.17) is 0 Å². The first-order valence-electron chi connectivity index (χ1n) is 10.6. The molecule has 0 radical (unpaired) electrons. The third-order valence-electron chi connectivity index (χ3n) is 4.22. The zero-order valence-corrected chi connectivity index (χ0v) is 19.0. The maximum Gasteiger partial charge on any atom is 2.00 e. The van der Waals surface area contributed by atoms with Gasteiger partial charge in [0, 0.05) is 6.61 Å². The molecule has 0 spiro atoms. The van der Waals surface area contributed by atoms with E-state index in [1.807, 2.05) is 0 Å². The quantitative estimate of drug-likeness (QED) is 0.209. The zero-order chi connectivity index (χ0) is 19.0. The fourth-order valence-electron chi connectivity index (χ4n) is 2.63. The standard InChI is InChI=1S/C11H22O3.C10H21O.Mg/c1-2-3-4-5-6-7-8-9-10-14-11(12)13;1-2-3-4-5-6-7-8-9-10-11;/h2-10H2,1H3,(H,12,13);2-10H2,1H3;/q;-1;+2/p-1. The van der Waals surface area contributed by atoms with E-state index in [0.717, 1.165) is 25.7 Å². The smallest absolute Gasteiger partial charge is 0.854 e. The average molecular weight is 383 g/mol. The Hall–Kier alpha value is -0.00377. The number of carbonyl (C=O) groups is 1. The maximum atomic E-state index is 10.1. The number of ether oxygens (including phenoxy) is 1. The Morgan fingerprint density at radius 1 is 0.654 bits per heavy atom. The van der Waals surface area contributed by atoms with Gasteiger partial charge in [0.25, 0.3) is 6.16 Å². The number of hydrogen-bond donors (Lipinski definition) is 0. The Labute approximate surface area is 178 Å². The molecule has 5 heteroatoms. The number of hydrogen-bond acceptors (Lipinski definition) is 4. The van der Waals surface area contributed by atoms with E-state index in [2.05, 4.69) is 18.6 Å². The van der Waals surface area contributed by atoms with Gasteiger partial charge in [-0.25, -0.2) is 0 Å². The van der Waals surface area contributed by atoms with Crippen LogP contribution in [0.25, 0.3) is 0 Å². The molecule has 0 amide bonds. The van der Waals surface area contributed by atoms with Crippen LogP contribution in [0.15, 0.2) is 0 Å². The van der Waals surface area contributed by atoms with Gasteiger partial charge in [-0.3, -0.25) is 0 Å². The summed E-state index contributed by atoms with van der Waals surface area (Å²) in [5.41, 5.74) is 0. The van der Waals surface area contributed by atoms with Crippen molar-refractivity contribution in [3.05, 3.63) is 0 Å². The third-order valence-corrected chi connectivity index (χ3v) is 4.22. The van der Waals surface area contributed by atoms with Crippen molar-refractivity contribution in [1.82, 2.24) is 0 Å². The molecule has 26 heavy (non-hydrogen) atoms. The van der Waals surface area contributed by atoms with Gasteiger partial charge in [0.15, 0.2) is 0 Å². The van der Waals surface area contributed by atoms with Crippen LogP contribution in [0.1, 0.15) is 117 Å². The summed E-state index contributed by atoms with van der Waals surface area (Å²) in [6, 6.07) is 0. The average Bonchev–Trinajstić information content (AvgIpc) is 2.60. The molecule has 0 aromatic rings. The molecule has 0 fully saturated rings. The molecule has 0 aliphatic rings. The van der Waals surface area contributed by atoms with Crippen LogP contribution in [0, 0.1) is 0 Å². The molecule has 0 saturated heterocycles. The van der Waals surface area contributed by atoms with Crippen LogP contribution in [-0.4, -0.2) is 42.4 Å². The molecule has 0 atom stereocenters. The molecule has 152 valence electrons. The van der Waals surface area contributed by atoms with E-state index in [9.17, 15) is 15.0 Å². The Balaban J connectivity index is -0.000000402. The van der Waals surface area contributed by atoms with Crippen LogP contribution < -0.4 is 10.2 Å². The molecule has 0 heterocycles. The molecule has 0 aliphatic carbocycles. The van der Waals surface area contributed by atoms with Crippen LogP contribution in [0.3, 0.4) is 0 Å². The van der Waals surface area contributed by atoms with Gasteiger partial charge in [-0.1, -0.05) is 110 Å². The van der Waals surface area contributed by atoms with Gasteiger partial charge in [0.2, 0.25) is 0 Å². The monoisotopic (exact) mass is 382 g/mol. The first-order valence-corrected chi connectivity index (χ1v) is 10.6. The summed E-state index contributed by atoms with van der Waals surface area (Å²) in [7, 11) is 0. The van der Waals surface area contributed by atoms with Crippen molar-refractivity contribution in [2.75, 3.05) is 13.2 Å². The van der Waals surface area contributed by atoms with Crippen molar-refractivity contribution in [1.29, 1.82) is 0 Å². The number of unbranched alkanes of at least 4 members (excludes halogenated alkanes) is 14. The molecule has 0 aromatic carbocycles. The van der Waals surface area contributed by atoms with Gasteiger partial charge in [-0.2, -0.15) is 0 Å². The third kappa shape index (κ3) is 35.2. The normalized spacial score (nSPS) is 9.81. The predicted molar refractivity (Wildman–Crippen MR) is 107 cm³/mol. The minimum Gasteiger partial charge on any atom is -0.854 e. The van der Waals surface area contributed by atoms with Crippen molar-refractivity contribution in [3.63, 3.8) is 0 Å². The van der Waals surface area contributed by atoms with Crippen LogP contribution in [0.2, 0.25) is 0 Å². The summed E-state index contributed by atoms with van der Waals surface area (Å²) in [5, 5.41) is 19.9. The number of carboxylic acid groups (broad SMARTS) is 1. The first kappa shape index (κ1) is 30.7. The van der Waals surface area contributed by atoms with E-state index < -0.39 is 6.16 Å². The molecule has 0 N–H and O–H groups in total. The van der Waals surface area contributed by atoms with Crippen molar-refractivity contribution in [3.8, 4) is 0 Å². The molecular formula is C21H42MgO4. The Bertz CT molecular complexity index is 242. The van der Waals surface area contributed by atoms with Crippen molar-refractivity contribution < 1.29 is 19.7 Å². The second kappa shape index (κ2) is 29.7. The van der Waals surface area contributed by atoms with E-state index in [1.165, 1.54) is 77.0 Å². The molecule has 0 unspecified atom stereocenters. The van der Waals surface area contributed by atoms with Gasteiger partial charge >= 0.3 is 23.1 Å². The number of carbonyl (C=O) groups excluding carboxylic acids is 1. The molecule has 0 aromatic heterocycles. The second-order valence-electron chi connectivity index (χ2n) is 6.75. The summed E-state index contributed by atoms with van der Waals surface area (Å²) in [6.07, 6.45) is 18.2. The fraction of sp³-hybridized carbons (Fsp3) is 0.952. The predicted octanol–water partition coefficient (Wildman–Crippen LogP) is 4.59. The Morgan fingerprint density at radius 3 is 1.35 bits per heavy atom. The fourth-order valence-corrected chi connectivity index (χ4v) is 2.63. The van der Waals surface area contributed by atoms with Gasteiger partial charge in [0.05, 0.1) is 0 Å². The van der Waals surface area contributed by atoms with E-state index >= 15 is 0 Å². The SMILES string of the molecule is CCCCCCCCCCOC(=O)[O-].CCCCCCCCCC[O-].[Mg+2]. The molecule has 0 rings (SSSR count). The Morgan fingerprint density at radius 2 is 1.00 bits per heavy atom. The molecular weight excluding hydrogens is 341 g/mol. The topological polar surface area (TPSA) is 72.4 Å². The van der Waals surface area contributed by atoms with Crippen LogP contribution >= 0.6 is 0 Å². The van der Waals surface area contributed by atoms with Gasteiger partial charge < -0.3 is 19.7 Å². The van der Waals surface area contributed by atoms with Gasteiger partial charge in [0.1, 0.15) is 0 Å². The zero-order valence-electron chi connectivity index (χ0n) is 17.6. The Kier molecular flexibility index (Phi) is 35.1. The van der Waals surface area contributed by atoms with E-state index in [0.29, 0.717) is 0 Å². The van der Waals surface area contributed by atoms with E-state index in [-0.39, 0.29) is 36.3 Å². The van der Waals surface area contributed by atoms with E-state index in [1.54, 1.807) is 0 Å². The molecule has 4 nitrogen and oxygen atoms in total. The summed E-state index contributed by atoms with van der Waals surface area (Å²) in [5.74, 6) is 0. The first-order chi connectivity index (χ1) is 12.2. The second-order valence-corrected chi connectivity index (χ2v) is 6.75. The van der Waals surface area contributed by atoms with Crippen molar-refractivity contribution >= 4 is 29.2 Å². The maximum absolute atomic E-state index is 10.1. The minimum absolute atomic E-state index is 0. The van der Waals surface area contributed by atoms with Crippen LogP contribution in [0.4, 0.5) is 4.79 Å². The van der Waals surface area contributed by atoms with Crippen molar-refractivity contribution in [2.24, 2.45) is 0 Å². The minimum atomic E-state index is -1.41. The largest absolute Gasteiger partial charge is 2.00 e. The summed E-state index contributed by atoms with van der Waals surface area (Å²) in [4.78, 5) is 9.87. The van der Waals surface area contributed by atoms with Crippen molar-refractivity contribution in [2.45, 2.75) is 117 Å². The summed E-state index contributed by atoms with van der Waals surface area (Å²) < 4.78 is 4.29. The number of rotatable bonds is 17.